The summed E-state index contributed by atoms with van der Waals surface area (Å²) in [6.45, 7) is 2.20. The molecule has 19 heavy (non-hydrogen) atoms. The van der Waals surface area contributed by atoms with Crippen molar-refractivity contribution in [1.29, 1.82) is 0 Å². The zero-order valence-electron chi connectivity index (χ0n) is 10.4. The highest BCUT2D eigenvalue weighted by atomic mass is 32.2. The van der Waals surface area contributed by atoms with Crippen molar-refractivity contribution < 1.29 is 23.1 Å². The van der Waals surface area contributed by atoms with Gasteiger partial charge in [0.1, 0.15) is 0 Å². The minimum Gasteiger partial charge on any atom is -0.478 e. The van der Waals surface area contributed by atoms with Gasteiger partial charge in [-0.1, -0.05) is 0 Å². The third kappa shape index (κ3) is 4.36. The van der Waals surface area contributed by atoms with Crippen LogP contribution in [-0.4, -0.2) is 37.7 Å². The first-order valence-corrected chi connectivity index (χ1v) is 7.35. The van der Waals surface area contributed by atoms with Crippen LogP contribution in [0.2, 0.25) is 0 Å². The molecule has 6 nitrogen and oxygen atoms in total. The number of carboxylic acids is 1. The van der Waals surface area contributed by atoms with E-state index in [-0.39, 0.29) is 28.5 Å². The summed E-state index contributed by atoms with van der Waals surface area (Å²) in [6, 6.07) is 4.91. The van der Waals surface area contributed by atoms with Crippen LogP contribution in [0, 0.1) is 0 Å². The number of hydrogen-bond acceptors (Lipinski definition) is 4. The molecule has 1 rings (SSSR count). The lowest BCUT2D eigenvalue weighted by atomic mass is 10.2. The lowest BCUT2D eigenvalue weighted by Crippen LogP contribution is -2.25. The molecule has 0 aliphatic rings. The van der Waals surface area contributed by atoms with Crippen molar-refractivity contribution in [2.45, 2.75) is 18.2 Å². The Morgan fingerprint density at radius 1 is 1.21 bits per heavy atom. The molecule has 0 heterocycles. The topological polar surface area (TPSA) is 101 Å². The van der Waals surface area contributed by atoms with Gasteiger partial charge in [0.15, 0.2) is 9.84 Å². The van der Waals surface area contributed by atoms with Crippen LogP contribution >= 0.6 is 0 Å². The second-order valence-corrected chi connectivity index (χ2v) is 5.96. The largest absolute Gasteiger partial charge is 0.478 e. The molecule has 2 N–H and O–H groups in total. The number of sulfone groups is 1. The van der Waals surface area contributed by atoms with Crippen LogP contribution < -0.4 is 5.32 Å². The highest BCUT2D eigenvalue weighted by molar-refractivity contribution is 7.91. The van der Waals surface area contributed by atoms with E-state index in [1.54, 1.807) is 6.92 Å². The van der Waals surface area contributed by atoms with Crippen molar-refractivity contribution in [3.8, 4) is 0 Å². The molecular weight excluding hydrogens is 270 g/mol. The maximum Gasteiger partial charge on any atom is 0.335 e. The minimum atomic E-state index is -3.57. The van der Waals surface area contributed by atoms with Gasteiger partial charge in [-0.3, -0.25) is 4.79 Å². The molecule has 0 saturated carbocycles. The molecule has 0 aromatic heterocycles. The number of hydrogen-bond donors (Lipinski definition) is 2. The second-order valence-electron chi connectivity index (χ2n) is 3.85. The van der Waals surface area contributed by atoms with Crippen LogP contribution in [-0.2, 0) is 14.6 Å². The van der Waals surface area contributed by atoms with Gasteiger partial charge >= 0.3 is 5.97 Å². The molecule has 0 fully saturated rings. The van der Waals surface area contributed by atoms with Gasteiger partial charge in [0.25, 0.3) is 0 Å². The molecule has 0 spiro atoms. The summed E-state index contributed by atoms with van der Waals surface area (Å²) in [6.07, 6.45) is -0.114. The highest BCUT2D eigenvalue weighted by Gasteiger charge is 2.16. The predicted molar refractivity (Wildman–Crippen MR) is 68.8 cm³/mol. The molecular formula is C12H15NO5S. The zero-order valence-corrected chi connectivity index (χ0v) is 11.2. The van der Waals surface area contributed by atoms with Crippen LogP contribution in [0.25, 0.3) is 0 Å². The Balaban J connectivity index is 2.77. The first kappa shape index (κ1) is 15.2. The Hall–Kier alpha value is -1.89. The van der Waals surface area contributed by atoms with Crippen molar-refractivity contribution in [3.63, 3.8) is 0 Å². The molecule has 0 bridgehead atoms. The minimum absolute atomic E-state index is 0.0156. The average Bonchev–Trinajstić information content (AvgIpc) is 2.37. The number of amides is 1. The fourth-order valence-corrected chi connectivity index (χ4v) is 2.68. The van der Waals surface area contributed by atoms with E-state index in [1.807, 2.05) is 0 Å². The molecule has 0 atom stereocenters. The summed E-state index contributed by atoms with van der Waals surface area (Å²) in [4.78, 5) is 21.9. The standard InChI is InChI=1S/C12H15NO5S/c1-2-13-11(14)7-8-19(17,18)10-5-3-9(4-6-10)12(15)16/h3-6H,2,7-8H2,1H3,(H,13,14)(H,15,16). The number of carbonyl (C=O) groups is 2. The Bertz CT molecular complexity index is 562. The van der Waals surface area contributed by atoms with Crippen LogP contribution in [0.15, 0.2) is 29.2 Å². The molecule has 0 radical (unpaired) electrons. The summed E-state index contributed by atoms with van der Waals surface area (Å²) < 4.78 is 23.8. The Morgan fingerprint density at radius 3 is 2.26 bits per heavy atom. The van der Waals surface area contributed by atoms with Gasteiger partial charge < -0.3 is 10.4 Å². The average molecular weight is 285 g/mol. The number of rotatable bonds is 6. The van der Waals surface area contributed by atoms with E-state index in [0.29, 0.717) is 6.54 Å². The number of nitrogens with one attached hydrogen (secondary N) is 1. The fraction of sp³-hybridized carbons (Fsp3) is 0.333. The first-order valence-electron chi connectivity index (χ1n) is 5.69. The Kier molecular flexibility index (Phi) is 5.05. The van der Waals surface area contributed by atoms with E-state index >= 15 is 0 Å². The van der Waals surface area contributed by atoms with E-state index in [9.17, 15) is 18.0 Å². The number of aromatic carboxylic acids is 1. The number of benzene rings is 1. The van der Waals surface area contributed by atoms with Gasteiger partial charge in [0.05, 0.1) is 16.2 Å². The molecule has 1 aromatic carbocycles. The third-order valence-corrected chi connectivity index (χ3v) is 4.16. The van der Waals surface area contributed by atoms with Gasteiger partial charge in [0.2, 0.25) is 5.91 Å². The number of carbonyl (C=O) groups excluding carboxylic acids is 1. The summed E-state index contributed by atoms with van der Waals surface area (Å²) in [7, 11) is -3.57. The normalized spacial score (nSPS) is 11.0. The number of carboxylic acid groups (broad SMARTS) is 1. The van der Waals surface area contributed by atoms with Gasteiger partial charge in [-0.05, 0) is 31.2 Å². The lowest BCUT2D eigenvalue weighted by Gasteiger charge is -2.05. The van der Waals surface area contributed by atoms with Crippen LogP contribution in [0.4, 0.5) is 0 Å². The molecule has 7 heteroatoms. The Morgan fingerprint density at radius 2 is 1.79 bits per heavy atom. The van der Waals surface area contributed by atoms with Gasteiger partial charge in [-0.15, -0.1) is 0 Å². The van der Waals surface area contributed by atoms with E-state index in [0.717, 1.165) is 0 Å². The van der Waals surface area contributed by atoms with Gasteiger partial charge in [-0.2, -0.15) is 0 Å². The van der Waals surface area contributed by atoms with Crippen molar-refractivity contribution in [1.82, 2.24) is 5.32 Å². The van der Waals surface area contributed by atoms with Gasteiger partial charge in [-0.25, -0.2) is 13.2 Å². The summed E-state index contributed by atoms with van der Waals surface area (Å²) in [5.74, 6) is -1.75. The third-order valence-electron chi connectivity index (χ3n) is 2.43. The monoisotopic (exact) mass is 285 g/mol. The van der Waals surface area contributed by atoms with Crippen molar-refractivity contribution in [2.24, 2.45) is 0 Å². The molecule has 1 aromatic rings. The molecule has 0 aliphatic heterocycles. The van der Waals surface area contributed by atoms with Crippen molar-refractivity contribution in [2.75, 3.05) is 12.3 Å². The maximum atomic E-state index is 11.9. The van der Waals surface area contributed by atoms with Crippen molar-refractivity contribution >= 4 is 21.7 Å². The lowest BCUT2D eigenvalue weighted by molar-refractivity contribution is -0.120. The molecule has 0 aliphatic carbocycles. The molecule has 0 unspecified atom stereocenters. The van der Waals surface area contributed by atoms with Crippen molar-refractivity contribution in [3.05, 3.63) is 29.8 Å². The highest BCUT2D eigenvalue weighted by Crippen LogP contribution is 2.13. The quantitative estimate of drug-likeness (QED) is 0.800. The van der Waals surface area contributed by atoms with E-state index in [1.165, 1.54) is 24.3 Å². The van der Waals surface area contributed by atoms with Gasteiger partial charge in [0, 0.05) is 13.0 Å². The maximum absolute atomic E-state index is 11.9. The summed E-state index contributed by atoms with van der Waals surface area (Å²) in [5, 5.41) is 11.2. The van der Waals surface area contributed by atoms with Crippen LogP contribution in [0.5, 0.6) is 0 Å². The van der Waals surface area contributed by atoms with E-state index in [2.05, 4.69) is 5.32 Å². The smallest absolute Gasteiger partial charge is 0.335 e. The van der Waals surface area contributed by atoms with Crippen LogP contribution in [0.1, 0.15) is 23.7 Å². The predicted octanol–water partition coefficient (Wildman–Crippen LogP) is 0.685. The molecule has 104 valence electrons. The zero-order chi connectivity index (χ0) is 14.5. The Labute approximate surface area is 111 Å². The fourth-order valence-electron chi connectivity index (χ4n) is 1.44. The molecule has 0 saturated heterocycles. The van der Waals surface area contributed by atoms with E-state index < -0.39 is 15.8 Å². The first-order chi connectivity index (χ1) is 8.86. The van der Waals surface area contributed by atoms with Crippen LogP contribution in [0.3, 0.4) is 0 Å². The molecule has 1 amide bonds. The second kappa shape index (κ2) is 6.33. The summed E-state index contributed by atoms with van der Waals surface area (Å²) in [5.41, 5.74) is 0.0164. The summed E-state index contributed by atoms with van der Waals surface area (Å²) >= 11 is 0. The van der Waals surface area contributed by atoms with E-state index in [4.69, 9.17) is 5.11 Å². The SMILES string of the molecule is CCNC(=O)CCS(=O)(=O)c1ccc(C(=O)O)cc1.